The molecule has 0 aliphatic heterocycles. The minimum atomic E-state index is 0.213. The molecule has 2 rings (SSSR count). The first kappa shape index (κ1) is 13.0. The zero-order chi connectivity index (χ0) is 13.3. The second-order valence-corrected chi connectivity index (χ2v) is 5.73. The lowest BCUT2D eigenvalue weighted by Crippen LogP contribution is -2.09. The molecule has 0 aliphatic carbocycles. The summed E-state index contributed by atoms with van der Waals surface area (Å²) in [6.45, 7) is 10.1. The molecule has 2 heterocycles. The van der Waals surface area contributed by atoms with Crippen LogP contribution in [-0.4, -0.2) is 15.0 Å². The lowest BCUT2D eigenvalue weighted by molar-refractivity contribution is 0.869. The van der Waals surface area contributed by atoms with Crippen LogP contribution in [0.5, 0.6) is 0 Å². The highest BCUT2D eigenvalue weighted by atomic mass is 32.1. The molecule has 0 amide bonds. The van der Waals surface area contributed by atoms with Crippen LogP contribution >= 0.6 is 11.3 Å². The van der Waals surface area contributed by atoms with Crippen molar-refractivity contribution >= 4 is 17.2 Å². The largest absolute Gasteiger partial charge is 0.363 e. The van der Waals surface area contributed by atoms with E-state index in [9.17, 15) is 0 Å². The van der Waals surface area contributed by atoms with Gasteiger partial charge in [-0.25, -0.2) is 15.0 Å². The highest BCUT2D eigenvalue weighted by Crippen LogP contribution is 2.26. The quantitative estimate of drug-likeness (QED) is 0.921. The van der Waals surface area contributed by atoms with Gasteiger partial charge >= 0.3 is 0 Å². The third kappa shape index (κ3) is 2.85. The molecular formula is C13H18N4S. The highest BCUT2D eigenvalue weighted by molar-refractivity contribution is 7.11. The number of aromatic nitrogens is 3. The van der Waals surface area contributed by atoms with E-state index in [1.807, 2.05) is 33.8 Å². The van der Waals surface area contributed by atoms with E-state index in [4.69, 9.17) is 0 Å². The van der Waals surface area contributed by atoms with Gasteiger partial charge in [-0.1, -0.05) is 0 Å². The van der Waals surface area contributed by atoms with E-state index >= 15 is 0 Å². The molecule has 0 bridgehead atoms. The molecule has 0 spiro atoms. The van der Waals surface area contributed by atoms with E-state index in [2.05, 4.69) is 27.2 Å². The van der Waals surface area contributed by atoms with Crippen molar-refractivity contribution in [2.75, 3.05) is 5.32 Å². The van der Waals surface area contributed by atoms with Gasteiger partial charge in [0.25, 0.3) is 0 Å². The van der Waals surface area contributed by atoms with Gasteiger partial charge in [0.05, 0.1) is 16.7 Å². The van der Waals surface area contributed by atoms with Gasteiger partial charge in [-0.2, -0.15) is 0 Å². The van der Waals surface area contributed by atoms with Crippen LogP contribution in [0.2, 0.25) is 0 Å². The van der Waals surface area contributed by atoms with Gasteiger partial charge in [0, 0.05) is 16.6 Å². The van der Waals surface area contributed by atoms with E-state index < -0.39 is 0 Å². The smallest absolute Gasteiger partial charge is 0.130 e. The van der Waals surface area contributed by atoms with E-state index in [-0.39, 0.29) is 6.04 Å². The van der Waals surface area contributed by atoms with Crippen molar-refractivity contribution in [3.8, 4) is 0 Å². The summed E-state index contributed by atoms with van der Waals surface area (Å²) in [6, 6.07) is 2.18. The van der Waals surface area contributed by atoms with Crippen LogP contribution in [0, 0.1) is 27.7 Å². The van der Waals surface area contributed by atoms with Crippen molar-refractivity contribution in [3.63, 3.8) is 0 Å². The molecule has 2 aromatic rings. The fraction of sp³-hybridized carbons (Fsp3) is 0.462. The van der Waals surface area contributed by atoms with Crippen LogP contribution < -0.4 is 5.32 Å². The van der Waals surface area contributed by atoms with Gasteiger partial charge in [0.2, 0.25) is 0 Å². The Morgan fingerprint density at radius 1 is 1.11 bits per heavy atom. The zero-order valence-electron chi connectivity index (χ0n) is 11.4. The number of anilines is 1. The predicted molar refractivity (Wildman–Crippen MR) is 75.1 cm³/mol. The van der Waals surface area contributed by atoms with Crippen LogP contribution in [0.15, 0.2) is 6.07 Å². The fourth-order valence-corrected chi connectivity index (χ4v) is 2.96. The Hall–Kier alpha value is -1.49. The van der Waals surface area contributed by atoms with Gasteiger partial charge in [-0.05, 0) is 34.6 Å². The summed E-state index contributed by atoms with van der Waals surface area (Å²) in [7, 11) is 0. The third-order valence-corrected chi connectivity index (χ3v) is 3.92. The third-order valence-electron chi connectivity index (χ3n) is 2.66. The minimum absolute atomic E-state index is 0.213. The number of rotatable bonds is 3. The summed E-state index contributed by atoms with van der Waals surface area (Å²) in [5.41, 5.74) is 2.08. The van der Waals surface area contributed by atoms with Crippen molar-refractivity contribution in [2.24, 2.45) is 0 Å². The topological polar surface area (TPSA) is 50.7 Å². The number of hydrogen-bond acceptors (Lipinski definition) is 5. The number of nitrogens with zero attached hydrogens (tertiary/aromatic N) is 3. The molecule has 0 fully saturated rings. The first-order chi connectivity index (χ1) is 8.45. The fourth-order valence-electron chi connectivity index (χ4n) is 2.03. The summed E-state index contributed by atoms with van der Waals surface area (Å²) in [5.74, 6) is 1.67. The summed E-state index contributed by atoms with van der Waals surface area (Å²) < 4.78 is 0. The van der Waals surface area contributed by atoms with Crippen LogP contribution in [0.1, 0.15) is 40.1 Å². The van der Waals surface area contributed by atoms with E-state index in [1.54, 1.807) is 11.3 Å². The first-order valence-electron chi connectivity index (χ1n) is 5.98. The van der Waals surface area contributed by atoms with Crippen LogP contribution in [0.25, 0.3) is 0 Å². The normalized spacial score (nSPS) is 12.5. The Morgan fingerprint density at radius 3 is 2.39 bits per heavy atom. The molecule has 96 valence electrons. The van der Waals surface area contributed by atoms with Gasteiger partial charge < -0.3 is 5.32 Å². The van der Waals surface area contributed by atoms with Crippen molar-refractivity contribution < 1.29 is 0 Å². The average Bonchev–Trinajstić information content (AvgIpc) is 2.56. The van der Waals surface area contributed by atoms with Crippen molar-refractivity contribution in [2.45, 2.75) is 40.7 Å². The van der Waals surface area contributed by atoms with Crippen molar-refractivity contribution in [1.82, 2.24) is 15.0 Å². The Bertz CT molecular complexity index is 542. The maximum absolute atomic E-state index is 4.45. The number of aryl methyl sites for hydroxylation is 4. The zero-order valence-corrected chi connectivity index (χ0v) is 12.2. The van der Waals surface area contributed by atoms with Gasteiger partial charge in [0.15, 0.2) is 0 Å². The molecule has 1 unspecified atom stereocenters. The summed E-state index contributed by atoms with van der Waals surface area (Å²) in [4.78, 5) is 14.4. The average molecular weight is 262 g/mol. The Labute approximate surface area is 112 Å². The maximum atomic E-state index is 4.45. The van der Waals surface area contributed by atoms with Crippen LogP contribution in [0.3, 0.4) is 0 Å². The lowest BCUT2D eigenvalue weighted by Gasteiger charge is -2.14. The molecule has 18 heavy (non-hydrogen) atoms. The Kier molecular flexibility index (Phi) is 3.61. The molecular weight excluding hydrogens is 244 g/mol. The highest BCUT2D eigenvalue weighted by Gasteiger charge is 2.13. The molecule has 0 radical (unpaired) electrons. The van der Waals surface area contributed by atoms with Gasteiger partial charge in [-0.3, -0.25) is 0 Å². The van der Waals surface area contributed by atoms with Crippen molar-refractivity contribution in [1.29, 1.82) is 0 Å². The van der Waals surface area contributed by atoms with Crippen LogP contribution in [-0.2, 0) is 0 Å². The number of nitrogens with one attached hydrogen (secondary N) is 1. The monoisotopic (exact) mass is 262 g/mol. The van der Waals surface area contributed by atoms with E-state index in [1.165, 1.54) is 4.88 Å². The van der Waals surface area contributed by atoms with Crippen LogP contribution in [0.4, 0.5) is 5.82 Å². The molecule has 5 heteroatoms. The molecule has 1 N–H and O–H groups in total. The second kappa shape index (κ2) is 5.02. The number of thiazole rings is 1. The molecule has 2 aromatic heterocycles. The summed E-state index contributed by atoms with van der Waals surface area (Å²) in [5, 5.41) is 4.52. The molecule has 0 saturated carbocycles. The first-order valence-corrected chi connectivity index (χ1v) is 6.80. The summed E-state index contributed by atoms with van der Waals surface area (Å²) in [6.07, 6.45) is 0. The predicted octanol–water partition coefficient (Wildman–Crippen LogP) is 3.34. The Morgan fingerprint density at radius 2 is 1.83 bits per heavy atom. The SMILES string of the molecule is Cc1cc(NC(C)c2sc(C)nc2C)nc(C)n1. The van der Waals surface area contributed by atoms with Crippen molar-refractivity contribution in [3.05, 3.63) is 33.2 Å². The molecule has 1 atom stereocenters. The minimum Gasteiger partial charge on any atom is -0.363 e. The molecule has 0 saturated heterocycles. The summed E-state index contributed by atoms with van der Waals surface area (Å²) >= 11 is 1.73. The molecule has 4 nitrogen and oxygen atoms in total. The molecule has 0 aliphatic rings. The van der Waals surface area contributed by atoms with E-state index in [0.29, 0.717) is 0 Å². The standard InChI is InChI=1S/C13H18N4S/c1-7-6-12(17-10(4)14-7)16-9(3)13-8(2)15-11(5)18-13/h6,9H,1-5H3,(H,14,16,17). The molecule has 0 aromatic carbocycles. The van der Waals surface area contributed by atoms with Gasteiger partial charge in [-0.15, -0.1) is 11.3 Å². The lowest BCUT2D eigenvalue weighted by atomic mass is 10.2. The van der Waals surface area contributed by atoms with E-state index in [0.717, 1.165) is 28.0 Å². The Balaban J connectivity index is 2.20. The van der Waals surface area contributed by atoms with Gasteiger partial charge in [0.1, 0.15) is 11.6 Å². The second-order valence-electron chi connectivity index (χ2n) is 4.49. The maximum Gasteiger partial charge on any atom is 0.130 e. The number of hydrogen-bond donors (Lipinski definition) is 1.